The third-order valence-electron chi connectivity index (χ3n) is 3.23. The summed E-state index contributed by atoms with van der Waals surface area (Å²) in [7, 11) is 1.67. The summed E-state index contributed by atoms with van der Waals surface area (Å²) in [6, 6.07) is 9.23. The van der Waals surface area contributed by atoms with Crippen molar-refractivity contribution in [1.29, 1.82) is 0 Å². The molecule has 0 unspecified atom stereocenters. The van der Waals surface area contributed by atoms with E-state index in [1.807, 2.05) is 25.1 Å². The molecule has 0 bridgehead atoms. The number of pyridine rings is 1. The summed E-state index contributed by atoms with van der Waals surface area (Å²) >= 11 is 3.46. The van der Waals surface area contributed by atoms with Gasteiger partial charge in [-0.3, -0.25) is 4.79 Å². The Labute approximate surface area is 144 Å². The van der Waals surface area contributed by atoms with Crippen LogP contribution in [0.2, 0.25) is 0 Å². The number of halogens is 1. The molecule has 1 aromatic heterocycles. The Morgan fingerprint density at radius 1 is 1.30 bits per heavy atom. The Hall–Kier alpha value is -1.92. The molecule has 122 valence electrons. The van der Waals surface area contributed by atoms with Gasteiger partial charge in [-0.2, -0.15) is 0 Å². The zero-order valence-electron chi connectivity index (χ0n) is 13.2. The van der Waals surface area contributed by atoms with Crippen molar-refractivity contribution in [2.75, 3.05) is 30.9 Å². The van der Waals surface area contributed by atoms with Crippen molar-refractivity contribution in [3.05, 3.63) is 52.1 Å². The predicted octanol–water partition coefficient (Wildman–Crippen LogP) is 3.85. The van der Waals surface area contributed by atoms with Crippen molar-refractivity contribution in [2.24, 2.45) is 0 Å². The molecule has 2 N–H and O–H groups in total. The molecule has 2 rings (SSSR count). The first-order valence-corrected chi connectivity index (χ1v) is 8.16. The minimum absolute atomic E-state index is 0.170. The summed E-state index contributed by atoms with van der Waals surface area (Å²) < 4.78 is 5.86. The summed E-state index contributed by atoms with van der Waals surface area (Å²) in [4.78, 5) is 16.6. The van der Waals surface area contributed by atoms with Crippen LogP contribution in [0.5, 0.6) is 0 Å². The van der Waals surface area contributed by atoms with E-state index in [2.05, 4.69) is 31.5 Å². The lowest BCUT2D eigenvalue weighted by Crippen LogP contribution is -2.13. The highest BCUT2D eigenvalue weighted by molar-refractivity contribution is 9.10. The number of nitrogens with zero attached hydrogens (tertiary/aromatic N) is 1. The van der Waals surface area contributed by atoms with Crippen LogP contribution in [0.3, 0.4) is 0 Å². The van der Waals surface area contributed by atoms with Crippen LogP contribution in [-0.4, -0.2) is 31.2 Å². The summed E-state index contributed by atoms with van der Waals surface area (Å²) in [5.74, 6) is 0.508. The fourth-order valence-corrected chi connectivity index (χ4v) is 2.61. The number of methoxy groups -OCH3 is 1. The quantitative estimate of drug-likeness (QED) is 0.719. The molecule has 1 heterocycles. The average Bonchev–Trinajstić information content (AvgIpc) is 2.54. The van der Waals surface area contributed by atoms with E-state index in [1.54, 1.807) is 25.4 Å². The molecule has 2 aromatic rings. The van der Waals surface area contributed by atoms with Gasteiger partial charge in [0, 0.05) is 36.5 Å². The van der Waals surface area contributed by atoms with Gasteiger partial charge in [-0.15, -0.1) is 0 Å². The SMILES string of the molecule is COCCCNc1cc(C(=O)Nc2ccc(C)cc2Br)ccn1. The molecule has 0 fully saturated rings. The fourth-order valence-electron chi connectivity index (χ4n) is 2.02. The van der Waals surface area contributed by atoms with E-state index in [9.17, 15) is 4.79 Å². The zero-order chi connectivity index (χ0) is 16.7. The maximum absolute atomic E-state index is 12.4. The highest BCUT2D eigenvalue weighted by Gasteiger charge is 2.09. The third-order valence-corrected chi connectivity index (χ3v) is 3.88. The molecule has 0 aliphatic carbocycles. The number of nitrogens with one attached hydrogen (secondary N) is 2. The number of aryl methyl sites for hydroxylation is 1. The number of rotatable bonds is 7. The fraction of sp³-hybridized carbons (Fsp3) is 0.294. The monoisotopic (exact) mass is 377 g/mol. The minimum Gasteiger partial charge on any atom is -0.385 e. The molecule has 1 amide bonds. The molecule has 23 heavy (non-hydrogen) atoms. The molecule has 5 nitrogen and oxygen atoms in total. The van der Waals surface area contributed by atoms with Crippen molar-refractivity contribution >= 4 is 33.3 Å². The molecule has 0 aliphatic rings. The summed E-state index contributed by atoms with van der Waals surface area (Å²) in [6.07, 6.45) is 2.50. The number of ether oxygens (including phenoxy) is 1. The topological polar surface area (TPSA) is 63.2 Å². The molecule has 6 heteroatoms. The number of carbonyl (C=O) groups excluding carboxylic acids is 1. The first-order chi connectivity index (χ1) is 11.1. The van der Waals surface area contributed by atoms with Crippen LogP contribution >= 0.6 is 15.9 Å². The minimum atomic E-state index is -0.170. The van der Waals surface area contributed by atoms with Gasteiger partial charge in [-0.05, 0) is 59.1 Å². The zero-order valence-corrected chi connectivity index (χ0v) is 14.8. The largest absolute Gasteiger partial charge is 0.385 e. The van der Waals surface area contributed by atoms with Gasteiger partial charge >= 0.3 is 0 Å². The molecule has 0 spiro atoms. The number of amides is 1. The number of hydrogen-bond acceptors (Lipinski definition) is 4. The molecule has 1 aromatic carbocycles. The summed E-state index contributed by atoms with van der Waals surface area (Å²) in [5.41, 5.74) is 2.43. The van der Waals surface area contributed by atoms with E-state index in [0.29, 0.717) is 18.0 Å². The van der Waals surface area contributed by atoms with E-state index in [1.165, 1.54) is 0 Å². The maximum atomic E-state index is 12.4. The molecular weight excluding hydrogens is 358 g/mol. The van der Waals surface area contributed by atoms with Gasteiger partial charge in [0.1, 0.15) is 5.82 Å². The van der Waals surface area contributed by atoms with E-state index in [0.717, 1.165) is 28.7 Å². The second-order valence-electron chi connectivity index (χ2n) is 5.14. The highest BCUT2D eigenvalue weighted by Crippen LogP contribution is 2.24. The van der Waals surface area contributed by atoms with Crippen molar-refractivity contribution in [3.63, 3.8) is 0 Å². The lowest BCUT2D eigenvalue weighted by atomic mass is 10.2. The number of aromatic nitrogens is 1. The number of anilines is 2. The Morgan fingerprint density at radius 2 is 2.13 bits per heavy atom. The van der Waals surface area contributed by atoms with Crippen LogP contribution in [0.4, 0.5) is 11.5 Å². The smallest absolute Gasteiger partial charge is 0.255 e. The normalized spacial score (nSPS) is 10.4. The van der Waals surface area contributed by atoms with Crippen LogP contribution in [-0.2, 0) is 4.74 Å². The van der Waals surface area contributed by atoms with Gasteiger partial charge in [0.25, 0.3) is 5.91 Å². The highest BCUT2D eigenvalue weighted by atomic mass is 79.9. The van der Waals surface area contributed by atoms with Crippen molar-refractivity contribution in [2.45, 2.75) is 13.3 Å². The summed E-state index contributed by atoms with van der Waals surface area (Å²) in [6.45, 7) is 3.44. The second kappa shape index (κ2) is 8.64. The van der Waals surface area contributed by atoms with Gasteiger partial charge in [-0.25, -0.2) is 4.98 Å². The van der Waals surface area contributed by atoms with E-state index < -0.39 is 0 Å². The van der Waals surface area contributed by atoms with Gasteiger partial charge in [0.2, 0.25) is 0 Å². The van der Waals surface area contributed by atoms with Crippen LogP contribution in [0.25, 0.3) is 0 Å². The molecule has 0 aliphatic heterocycles. The Bertz CT molecular complexity index is 677. The van der Waals surface area contributed by atoms with Crippen molar-refractivity contribution in [3.8, 4) is 0 Å². The Kier molecular flexibility index (Phi) is 6.55. The first-order valence-electron chi connectivity index (χ1n) is 7.36. The Balaban J connectivity index is 2.01. The Morgan fingerprint density at radius 3 is 2.87 bits per heavy atom. The van der Waals surface area contributed by atoms with E-state index >= 15 is 0 Å². The van der Waals surface area contributed by atoms with Crippen LogP contribution in [0.1, 0.15) is 22.3 Å². The van der Waals surface area contributed by atoms with E-state index in [-0.39, 0.29) is 5.91 Å². The number of benzene rings is 1. The molecule has 0 saturated heterocycles. The first kappa shape index (κ1) is 17.4. The average molecular weight is 378 g/mol. The lowest BCUT2D eigenvalue weighted by molar-refractivity contribution is 0.102. The predicted molar refractivity (Wildman–Crippen MR) is 96.1 cm³/mol. The molecular formula is C17H20BrN3O2. The van der Waals surface area contributed by atoms with Crippen molar-refractivity contribution < 1.29 is 9.53 Å². The molecule has 0 saturated carbocycles. The lowest BCUT2D eigenvalue weighted by Gasteiger charge is -2.10. The van der Waals surface area contributed by atoms with Crippen LogP contribution < -0.4 is 10.6 Å². The van der Waals surface area contributed by atoms with Crippen molar-refractivity contribution in [1.82, 2.24) is 4.98 Å². The van der Waals surface area contributed by atoms with Gasteiger partial charge in [0.05, 0.1) is 5.69 Å². The molecule has 0 atom stereocenters. The number of carbonyl (C=O) groups is 1. The third kappa shape index (κ3) is 5.33. The summed E-state index contributed by atoms with van der Waals surface area (Å²) in [5, 5.41) is 6.07. The maximum Gasteiger partial charge on any atom is 0.255 e. The standard InChI is InChI=1S/C17H20BrN3O2/c1-12-4-5-15(14(18)10-12)21-17(22)13-6-8-20-16(11-13)19-7-3-9-23-2/h4-6,8,10-11H,3,7,9H2,1-2H3,(H,19,20)(H,21,22). The second-order valence-corrected chi connectivity index (χ2v) is 5.99. The van der Waals surface area contributed by atoms with Gasteiger partial charge in [-0.1, -0.05) is 6.07 Å². The van der Waals surface area contributed by atoms with E-state index in [4.69, 9.17) is 4.74 Å². The van der Waals surface area contributed by atoms with Crippen LogP contribution in [0.15, 0.2) is 41.0 Å². The van der Waals surface area contributed by atoms with Gasteiger partial charge < -0.3 is 15.4 Å². The molecule has 0 radical (unpaired) electrons. The van der Waals surface area contributed by atoms with Gasteiger partial charge in [0.15, 0.2) is 0 Å². The number of hydrogen-bond donors (Lipinski definition) is 2. The van der Waals surface area contributed by atoms with Crippen LogP contribution in [0, 0.1) is 6.92 Å².